The van der Waals surface area contributed by atoms with Crippen LogP contribution in [0, 0.1) is 18.8 Å². The van der Waals surface area contributed by atoms with Gasteiger partial charge in [-0.15, -0.1) is 18.3 Å². The number of unbranched alkanes of at least 4 members (excludes halogenated alkanes) is 1. The van der Waals surface area contributed by atoms with E-state index in [0.29, 0.717) is 36.5 Å². The summed E-state index contributed by atoms with van der Waals surface area (Å²) in [5, 5.41) is 9.71. The van der Waals surface area contributed by atoms with Gasteiger partial charge in [-0.05, 0) is 44.2 Å². The molecule has 1 spiro atoms. The zero-order valence-corrected chi connectivity index (χ0v) is 22.1. The van der Waals surface area contributed by atoms with Crippen molar-refractivity contribution in [3.63, 3.8) is 0 Å². The maximum atomic E-state index is 14.4. The van der Waals surface area contributed by atoms with E-state index in [9.17, 15) is 19.5 Å². The Hall–Kier alpha value is -2.29. The number of rotatable bonds is 11. The predicted molar refractivity (Wildman–Crippen MR) is 142 cm³/mol. The summed E-state index contributed by atoms with van der Waals surface area (Å²) in [4.78, 5) is 44.7. The second kappa shape index (κ2) is 11.0. The van der Waals surface area contributed by atoms with Gasteiger partial charge in [0.25, 0.3) is 5.91 Å². The van der Waals surface area contributed by atoms with Gasteiger partial charge in [-0.2, -0.15) is 0 Å². The third kappa shape index (κ3) is 4.37. The Labute approximate surface area is 221 Å². The smallest absolute Gasteiger partial charge is 0.311 e. The SMILES string of the molecule is C=CCOC(=O)[C@@H]1[C@H]2C(=O)N(CCCCO)C(C(=O)N(CC=C)c3c(C)cccc3Cl)C23CC[C@H]1S3. The number of ether oxygens (including phenoxy) is 1. The number of hydrogen-bond donors (Lipinski definition) is 1. The van der Waals surface area contributed by atoms with Crippen molar-refractivity contribution in [2.24, 2.45) is 11.8 Å². The van der Waals surface area contributed by atoms with Gasteiger partial charge in [-0.1, -0.05) is 42.5 Å². The van der Waals surface area contributed by atoms with Crippen LogP contribution >= 0.6 is 23.4 Å². The summed E-state index contributed by atoms with van der Waals surface area (Å²) in [6.07, 6.45) is 5.64. The number of hydrogen-bond acceptors (Lipinski definition) is 6. The van der Waals surface area contributed by atoms with Crippen LogP contribution in [0.5, 0.6) is 0 Å². The Morgan fingerprint density at radius 2 is 2.11 bits per heavy atom. The summed E-state index contributed by atoms with van der Waals surface area (Å²) in [5.74, 6) is -2.03. The molecule has 0 aromatic heterocycles. The van der Waals surface area contributed by atoms with Gasteiger partial charge < -0.3 is 19.6 Å². The number of amides is 2. The Morgan fingerprint density at radius 1 is 1.33 bits per heavy atom. The zero-order chi connectivity index (χ0) is 26.0. The molecular weight excluding hydrogens is 500 g/mol. The molecule has 3 heterocycles. The molecule has 9 heteroatoms. The average Bonchev–Trinajstić information content (AvgIpc) is 3.49. The van der Waals surface area contributed by atoms with Crippen LogP contribution in [0.1, 0.15) is 31.2 Å². The maximum Gasteiger partial charge on any atom is 0.311 e. The van der Waals surface area contributed by atoms with E-state index in [2.05, 4.69) is 13.2 Å². The third-order valence-corrected chi connectivity index (χ3v) is 9.75. The minimum absolute atomic E-state index is 0.00392. The van der Waals surface area contributed by atoms with E-state index < -0.39 is 28.6 Å². The highest BCUT2D eigenvalue weighted by Gasteiger charge is 2.74. The van der Waals surface area contributed by atoms with Crippen molar-refractivity contribution >= 4 is 46.8 Å². The van der Waals surface area contributed by atoms with Crippen LogP contribution in [0.2, 0.25) is 5.02 Å². The van der Waals surface area contributed by atoms with Crippen LogP contribution in [-0.2, 0) is 19.1 Å². The average molecular weight is 533 g/mol. The summed E-state index contributed by atoms with van der Waals surface area (Å²) in [5.41, 5.74) is 1.45. The van der Waals surface area contributed by atoms with Gasteiger partial charge in [0.05, 0.1) is 27.3 Å². The molecule has 194 valence electrons. The van der Waals surface area contributed by atoms with E-state index in [-0.39, 0.29) is 36.8 Å². The lowest BCUT2D eigenvalue weighted by Crippen LogP contribution is -2.55. The van der Waals surface area contributed by atoms with Gasteiger partial charge in [-0.3, -0.25) is 14.4 Å². The summed E-state index contributed by atoms with van der Waals surface area (Å²) in [7, 11) is 0. The van der Waals surface area contributed by atoms with E-state index in [4.69, 9.17) is 16.3 Å². The number of aryl methyl sites for hydroxylation is 1. The van der Waals surface area contributed by atoms with E-state index >= 15 is 0 Å². The minimum atomic E-state index is -0.753. The number of carbonyl (C=O) groups excluding carboxylic acids is 3. The second-order valence-electron chi connectivity index (χ2n) is 9.58. The van der Waals surface area contributed by atoms with Crippen LogP contribution in [0.15, 0.2) is 43.5 Å². The topological polar surface area (TPSA) is 87.1 Å². The quantitative estimate of drug-likeness (QED) is 0.265. The highest BCUT2D eigenvalue weighted by Crippen LogP contribution is 2.66. The molecule has 0 aliphatic carbocycles. The molecule has 2 bridgehead atoms. The highest BCUT2D eigenvalue weighted by molar-refractivity contribution is 8.02. The van der Waals surface area contributed by atoms with Gasteiger partial charge in [0.15, 0.2) is 0 Å². The van der Waals surface area contributed by atoms with Crippen molar-refractivity contribution in [3.05, 3.63) is 54.1 Å². The van der Waals surface area contributed by atoms with Gasteiger partial charge >= 0.3 is 5.97 Å². The molecule has 2 unspecified atom stereocenters. The van der Waals surface area contributed by atoms with E-state index in [0.717, 1.165) is 12.0 Å². The molecule has 3 aliphatic rings. The second-order valence-corrected chi connectivity index (χ2v) is 11.6. The highest BCUT2D eigenvalue weighted by atomic mass is 35.5. The molecule has 3 saturated heterocycles. The summed E-state index contributed by atoms with van der Waals surface area (Å²) in [6, 6.07) is 4.72. The van der Waals surface area contributed by atoms with E-state index in [1.807, 2.05) is 19.1 Å². The molecule has 0 radical (unpaired) electrons. The first kappa shape index (κ1) is 26.8. The Kier molecular flexibility index (Phi) is 8.17. The molecule has 5 atom stereocenters. The van der Waals surface area contributed by atoms with Crippen LogP contribution in [0.25, 0.3) is 0 Å². The Bertz CT molecular complexity index is 1040. The summed E-state index contributed by atoms with van der Waals surface area (Å²) >= 11 is 8.17. The number of carbonyl (C=O) groups is 3. The summed E-state index contributed by atoms with van der Waals surface area (Å²) < 4.78 is 4.68. The molecular formula is C27H33ClN2O5S. The van der Waals surface area contributed by atoms with Gasteiger partial charge in [-0.25, -0.2) is 0 Å². The Balaban J connectivity index is 1.77. The van der Waals surface area contributed by atoms with Crippen molar-refractivity contribution in [1.82, 2.24) is 4.90 Å². The monoisotopic (exact) mass is 532 g/mol. The molecule has 0 saturated carbocycles. The molecule has 1 aromatic carbocycles. The fourth-order valence-corrected chi connectivity index (χ4v) is 8.63. The molecule has 1 aromatic rings. The molecule has 1 N–H and O–H groups in total. The number of halogens is 1. The van der Waals surface area contributed by atoms with E-state index in [1.165, 1.54) is 6.08 Å². The van der Waals surface area contributed by atoms with Crippen molar-refractivity contribution in [2.45, 2.75) is 48.6 Å². The number of anilines is 1. The number of thioether (sulfide) groups is 1. The molecule has 2 amide bonds. The fraction of sp³-hybridized carbons (Fsp3) is 0.519. The molecule has 4 rings (SSSR count). The van der Waals surface area contributed by atoms with Crippen molar-refractivity contribution < 1.29 is 24.2 Å². The van der Waals surface area contributed by atoms with Crippen molar-refractivity contribution in [3.8, 4) is 0 Å². The number of esters is 1. The van der Waals surface area contributed by atoms with Crippen LogP contribution in [0.4, 0.5) is 5.69 Å². The number of aliphatic hydroxyl groups excluding tert-OH is 1. The third-order valence-electron chi connectivity index (χ3n) is 7.49. The molecule has 3 fully saturated rings. The van der Waals surface area contributed by atoms with Gasteiger partial charge in [0.2, 0.25) is 5.91 Å². The maximum absolute atomic E-state index is 14.4. The molecule has 3 aliphatic heterocycles. The number of benzene rings is 1. The zero-order valence-electron chi connectivity index (χ0n) is 20.5. The van der Waals surface area contributed by atoms with Gasteiger partial charge in [0, 0.05) is 24.9 Å². The predicted octanol–water partition coefficient (Wildman–Crippen LogP) is 3.76. The van der Waals surface area contributed by atoms with Gasteiger partial charge in [0.1, 0.15) is 12.6 Å². The lowest BCUT2D eigenvalue weighted by Gasteiger charge is -2.37. The van der Waals surface area contributed by atoms with Crippen molar-refractivity contribution in [2.75, 3.05) is 31.2 Å². The number of para-hydroxylation sites is 1. The largest absolute Gasteiger partial charge is 0.461 e. The number of fused-ring (bicyclic) bond motifs is 1. The van der Waals surface area contributed by atoms with Crippen LogP contribution in [-0.4, -0.2) is 70.1 Å². The van der Waals surface area contributed by atoms with Crippen LogP contribution < -0.4 is 4.90 Å². The lowest BCUT2D eigenvalue weighted by atomic mass is 9.71. The summed E-state index contributed by atoms with van der Waals surface area (Å²) in [6.45, 7) is 10.0. The lowest BCUT2D eigenvalue weighted by molar-refractivity contribution is -0.153. The molecule has 36 heavy (non-hydrogen) atoms. The standard InChI is InChI=1S/C27H33ClN2O5S/c1-4-13-29(22-17(3)9-8-10-18(22)28)25(33)23-27-12-11-19(36-27)20(26(34)35-16-5-2)21(27)24(32)30(23)14-6-7-15-31/h4-5,8-10,19-21,23,31H,1-2,6-7,11-16H2,3H3/t19-,20+,21+,23?,27?/m1/s1. The number of nitrogens with zero attached hydrogens (tertiary/aromatic N) is 2. The first-order valence-electron chi connectivity index (χ1n) is 12.4. The first-order chi connectivity index (χ1) is 17.3. The minimum Gasteiger partial charge on any atom is -0.461 e. The Morgan fingerprint density at radius 3 is 2.78 bits per heavy atom. The first-order valence-corrected chi connectivity index (χ1v) is 13.6. The fourth-order valence-electron chi connectivity index (χ4n) is 6.11. The number of aliphatic hydroxyl groups is 1. The molecule has 7 nitrogen and oxygen atoms in total. The normalized spacial score (nSPS) is 28.2. The number of likely N-dealkylation sites (tertiary alicyclic amines) is 1. The van der Waals surface area contributed by atoms with Crippen molar-refractivity contribution in [1.29, 1.82) is 0 Å². The van der Waals surface area contributed by atoms with Crippen LogP contribution in [0.3, 0.4) is 0 Å². The van der Waals surface area contributed by atoms with E-state index in [1.54, 1.807) is 33.7 Å².